The molecule has 4 nitrogen and oxygen atoms in total. The second kappa shape index (κ2) is 6.45. The number of quaternary nitrogens is 1. The average Bonchev–Trinajstić information content (AvgIpc) is 3.10. The van der Waals surface area contributed by atoms with Gasteiger partial charge in [-0.1, -0.05) is 12.1 Å². The summed E-state index contributed by atoms with van der Waals surface area (Å²) in [6, 6.07) is 7.91. The SMILES string of the molecule is O=C(C[NH+]1CCC[C@H]1c1nc2ccccc2s1)NCC(F)(F)F. The van der Waals surface area contributed by atoms with Gasteiger partial charge in [0.2, 0.25) is 0 Å². The van der Waals surface area contributed by atoms with Gasteiger partial charge >= 0.3 is 6.18 Å². The number of amides is 1. The largest absolute Gasteiger partial charge is 0.405 e. The van der Waals surface area contributed by atoms with E-state index in [0.717, 1.165) is 39.5 Å². The smallest absolute Gasteiger partial charge is 0.342 e. The third-order valence-corrected chi connectivity index (χ3v) is 5.12. The Morgan fingerprint density at radius 2 is 2.17 bits per heavy atom. The van der Waals surface area contributed by atoms with Crippen molar-refractivity contribution in [3.05, 3.63) is 29.3 Å². The number of rotatable bonds is 4. The molecule has 1 amide bonds. The van der Waals surface area contributed by atoms with Crippen molar-refractivity contribution in [3.8, 4) is 0 Å². The fourth-order valence-corrected chi connectivity index (χ4v) is 4.09. The highest BCUT2D eigenvalue weighted by molar-refractivity contribution is 7.18. The number of carbonyl (C=O) groups is 1. The van der Waals surface area contributed by atoms with Gasteiger partial charge in [0.1, 0.15) is 12.6 Å². The lowest BCUT2D eigenvalue weighted by Crippen LogP contribution is -3.11. The van der Waals surface area contributed by atoms with Crippen LogP contribution in [0, 0.1) is 0 Å². The number of fused-ring (bicyclic) bond motifs is 1. The molecule has 0 saturated carbocycles. The van der Waals surface area contributed by atoms with Crippen molar-refractivity contribution in [2.45, 2.75) is 25.1 Å². The van der Waals surface area contributed by atoms with Crippen LogP contribution < -0.4 is 10.2 Å². The standard InChI is InChI=1S/C15H16F3N3OS/c16-15(17,18)9-19-13(22)8-21-7-3-5-11(21)14-20-10-4-1-2-6-12(10)23-14/h1-2,4,6,11H,3,5,7-9H2,(H,19,22)/p+1/t11-/m0/s1. The summed E-state index contributed by atoms with van der Waals surface area (Å²) < 4.78 is 37.6. The fourth-order valence-electron chi connectivity index (χ4n) is 2.93. The zero-order chi connectivity index (χ0) is 16.4. The van der Waals surface area contributed by atoms with Gasteiger partial charge in [-0.25, -0.2) is 4.98 Å². The van der Waals surface area contributed by atoms with Crippen LogP contribution in [0.2, 0.25) is 0 Å². The van der Waals surface area contributed by atoms with Gasteiger partial charge in [0.15, 0.2) is 11.6 Å². The maximum absolute atomic E-state index is 12.2. The van der Waals surface area contributed by atoms with E-state index in [9.17, 15) is 18.0 Å². The van der Waals surface area contributed by atoms with E-state index in [4.69, 9.17) is 0 Å². The van der Waals surface area contributed by atoms with E-state index in [-0.39, 0.29) is 12.6 Å². The first-order valence-corrected chi connectivity index (χ1v) is 8.27. The van der Waals surface area contributed by atoms with Gasteiger partial charge in [-0.05, 0) is 12.1 Å². The minimum atomic E-state index is -4.37. The Labute approximate surface area is 135 Å². The lowest BCUT2D eigenvalue weighted by molar-refractivity contribution is -0.910. The molecule has 2 heterocycles. The van der Waals surface area contributed by atoms with Crippen molar-refractivity contribution < 1.29 is 22.9 Å². The van der Waals surface area contributed by atoms with Crippen molar-refractivity contribution >= 4 is 27.5 Å². The van der Waals surface area contributed by atoms with Gasteiger partial charge in [0.25, 0.3) is 5.91 Å². The maximum Gasteiger partial charge on any atom is 0.405 e. The zero-order valence-electron chi connectivity index (χ0n) is 12.3. The zero-order valence-corrected chi connectivity index (χ0v) is 13.1. The van der Waals surface area contributed by atoms with Crippen LogP contribution in [0.4, 0.5) is 13.2 Å². The molecule has 2 N–H and O–H groups in total. The molecular weight excluding hydrogens is 327 g/mol. The lowest BCUT2D eigenvalue weighted by Gasteiger charge is -2.19. The second-order valence-electron chi connectivity index (χ2n) is 5.69. The molecule has 3 rings (SSSR count). The van der Waals surface area contributed by atoms with Crippen molar-refractivity contribution in [1.29, 1.82) is 0 Å². The number of likely N-dealkylation sites (tertiary alicyclic amines) is 1. The topological polar surface area (TPSA) is 46.4 Å². The number of benzene rings is 1. The summed E-state index contributed by atoms with van der Waals surface area (Å²) in [5.41, 5.74) is 0.931. The summed E-state index contributed by atoms with van der Waals surface area (Å²) in [6.07, 6.45) is -2.52. The summed E-state index contributed by atoms with van der Waals surface area (Å²) in [5, 5.41) is 2.91. The van der Waals surface area contributed by atoms with Crippen LogP contribution in [0.15, 0.2) is 24.3 Å². The molecule has 0 aliphatic carbocycles. The van der Waals surface area contributed by atoms with E-state index >= 15 is 0 Å². The second-order valence-corrected chi connectivity index (χ2v) is 6.75. The first kappa shape index (κ1) is 16.2. The molecule has 1 fully saturated rings. The molecule has 1 aromatic carbocycles. The molecular formula is C15H17F3N3OS+. The average molecular weight is 344 g/mol. The van der Waals surface area contributed by atoms with Crippen molar-refractivity contribution in [3.63, 3.8) is 0 Å². The predicted molar refractivity (Wildman–Crippen MR) is 81.4 cm³/mol. The number of halogens is 3. The number of thiazole rings is 1. The molecule has 0 spiro atoms. The molecule has 2 atom stereocenters. The van der Waals surface area contributed by atoms with Crippen LogP contribution in [0.1, 0.15) is 23.9 Å². The molecule has 2 aromatic rings. The number of carbonyl (C=O) groups excluding carboxylic acids is 1. The molecule has 0 bridgehead atoms. The van der Waals surface area contributed by atoms with Gasteiger partial charge < -0.3 is 10.2 Å². The lowest BCUT2D eigenvalue weighted by atomic mass is 10.2. The quantitative estimate of drug-likeness (QED) is 0.887. The van der Waals surface area contributed by atoms with Gasteiger partial charge in [0.05, 0.1) is 16.8 Å². The number of alkyl halides is 3. The first-order chi connectivity index (χ1) is 10.9. The minimum Gasteiger partial charge on any atom is -0.342 e. The Bertz CT molecular complexity index is 668. The Hall–Kier alpha value is -1.67. The normalized spacial score (nSPS) is 21.7. The molecule has 1 aromatic heterocycles. The Morgan fingerprint density at radius 1 is 1.39 bits per heavy atom. The molecule has 124 valence electrons. The van der Waals surface area contributed by atoms with Crippen LogP contribution in [0.5, 0.6) is 0 Å². The number of para-hydroxylation sites is 1. The van der Waals surface area contributed by atoms with E-state index in [1.165, 1.54) is 0 Å². The van der Waals surface area contributed by atoms with Gasteiger partial charge in [-0.3, -0.25) is 4.79 Å². The Kier molecular flexibility index (Phi) is 4.54. The summed E-state index contributed by atoms with van der Waals surface area (Å²) in [4.78, 5) is 17.4. The van der Waals surface area contributed by atoms with Gasteiger partial charge in [0, 0.05) is 12.8 Å². The Balaban J connectivity index is 1.66. The molecule has 1 aliphatic rings. The van der Waals surface area contributed by atoms with E-state index in [1.54, 1.807) is 11.3 Å². The number of nitrogens with one attached hydrogen (secondary N) is 2. The van der Waals surface area contributed by atoms with Gasteiger partial charge in [-0.15, -0.1) is 11.3 Å². The third-order valence-electron chi connectivity index (χ3n) is 3.97. The fraction of sp³-hybridized carbons (Fsp3) is 0.467. The number of hydrogen-bond acceptors (Lipinski definition) is 3. The van der Waals surface area contributed by atoms with Gasteiger partial charge in [-0.2, -0.15) is 13.2 Å². The van der Waals surface area contributed by atoms with E-state index in [2.05, 4.69) is 4.98 Å². The highest BCUT2D eigenvalue weighted by Gasteiger charge is 2.35. The van der Waals surface area contributed by atoms with E-state index in [1.807, 2.05) is 29.6 Å². The molecule has 23 heavy (non-hydrogen) atoms. The van der Waals surface area contributed by atoms with E-state index in [0.29, 0.717) is 0 Å². The minimum absolute atomic E-state index is 0.0523. The predicted octanol–water partition coefficient (Wildman–Crippen LogP) is 1.69. The monoisotopic (exact) mass is 344 g/mol. The molecule has 8 heteroatoms. The highest BCUT2D eigenvalue weighted by Crippen LogP contribution is 2.28. The van der Waals surface area contributed by atoms with Crippen LogP contribution >= 0.6 is 11.3 Å². The summed E-state index contributed by atoms with van der Waals surface area (Å²) in [6.45, 7) is -0.443. The molecule has 1 saturated heterocycles. The van der Waals surface area contributed by atoms with Crippen LogP contribution in [0.25, 0.3) is 10.2 Å². The summed E-state index contributed by atoms with van der Waals surface area (Å²) >= 11 is 1.60. The third kappa shape index (κ3) is 4.00. The van der Waals surface area contributed by atoms with Crippen LogP contribution in [-0.2, 0) is 4.79 Å². The van der Waals surface area contributed by atoms with Crippen molar-refractivity contribution in [2.75, 3.05) is 19.6 Å². The summed E-state index contributed by atoms with van der Waals surface area (Å²) in [5.74, 6) is -0.565. The Morgan fingerprint density at radius 3 is 2.91 bits per heavy atom. The maximum atomic E-state index is 12.2. The molecule has 0 radical (unpaired) electrons. The van der Waals surface area contributed by atoms with E-state index < -0.39 is 18.6 Å². The number of nitrogens with zero attached hydrogens (tertiary/aromatic N) is 1. The summed E-state index contributed by atoms with van der Waals surface area (Å²) in [7, 11) is 0. The van der Waals surface area contributed by atoms with Crippen LogP contribution in [0.3, 0.4) is 0 Å². The molecule has 1 unspecified atom stereocenters. The van der Waals surface area contributed by atoms with Crippen LogP contribution in [-0.4, -0.2) is 36.7 Å². The van der Waals surface area contributed by atoms with Crippen molar-refractivity contribution in [1.82, 2.24) is 10.3 Å². The first-order valence-electron chi connectivity index (χ1n) is 7.46. The van der Waals surface area contributed by atoms with Crippen molar-refractivity contribution in [2.24, 2.45) is 0 Å². The number of hydrogen-bond donors (Lipinski definition) is 2. The molecule has 1 aliphatic heterocycles. The number of aromatic nitrogens is 1. The highest BCUT2D eigenvalue weighted by atomic mass is 32.1.